The standard InChI is InChI=1S/C29H27N3O5.2H2/c1-18-2-8-22(31-28(35)29(10-11-29)21-7-9-24-25(14-21)37-17-36-24)15-23(18)19-3-5-20(6-4-19)27(34)32-13-12-30-26(33)16-32;;/h2-9,14-15H,10-13,16-17H2,1H3,(H,30,33)(H,31,35);2*1H. The summed E-state index contributed by atoms with van der Waals surface area (Å²) in [6, 6.07) is 19.0. The van der Waals surface area contributed by atoms with Gasteiger partial charge >= 0.3 is 0 Å². The summed E-state index contributed by atoms with van der Waals surface area (Å²) in [5, 5.41) is 5.85. The van der Waals surface area contributed by atoms with Crippen LogP contribution in [0.2, 0.25) is 0 Å². The summed E-state index contributed by atoms with van der Waals surface area (Å²) in [5.74, 6) is 1.05. The Hall–Kier alpha value is -4.33. The Morgan fingerprint density at radius 3 is 2.54 bits per heavy atom. The Balaban J connectivity index is 0.00000176. The van der Waals surface area contributed by atoms with Gasteiger partial charge in [-0.25, -0.2) is 0 Å². The number of amides is 3. The molecule has 3 aromatic carbocycles. The SMILES string of the molecule is Cc1ccc(NC(=O)C2(c3ccc4c(c3)OCO4)CC2)cc1-c1ccc(C(=O)N2CCNC(=O)C2)cc1.[HH].[HH]. The van der Waals surface area contributed by atoms with Crippen LogP contribution in [0.25, 0.3) is 11.1 Å². The number of carbonyl (C=O) groups is 3. The molecule has 3 aliphatic rings. The molecular weight excluding hydrogens is 470 g/mol. The topological polar surface area (TPSA) is 97.0 Å². The minimum atomic E-state index is -0.556. The van der Waals surface area contributed by atoms with Crippen LogP contribution in [0, 0.1) is 6.92 Å². The van der Waals surface area contributed by atoms with E-state index in [1.54, 1.807) is 17.0 Å². The maximum absolute atomic E-state index is 13.4. The van der Waals surface area contributed by atoms with E-state index in [1.807, 2.05) is 55.5 Å². The summed E-state index contributed by atoms with van der Waals surface area (Å²) in [4.78, 5) is 39.4. The van der Waals surface area contributed by atoms with Crippen molar-refractivity contribution in [1.29, 1.82) is 0 Å². The van der Waals surface area contributed by atoms with Crippen molar-refractivity contribution >= 4 is 23.4 Å². The molecule has 0 bridgehead atoms. The summed E-state index contributed by atoms with van der Waals surface area (Å²) < 4.78 is 10.9. The highest BCUT2D eigenvalue weighted by atomic mass is 16.7. The van der Waals surface area contributed by atoms with E-state index < -0.39 is 5.41 Å². The highest BCUT2D eigenvalue weighted by molar-refractivity contribution is 6.02. The van der Waals surface area contributed by atoms with Crippen molar-refractivity contribution in [2.45, 2.75) is 25.2 Å². The lowest BCUT2D eigenvalue weighted by atomic mass is 9.94. The smallest absolute Gasteiger partial charge is 0.254 e. The molecule has 2 heterocycles. The summed E-state index contributed by atoms with van der Waals surface area (Å²) >= 11 is 0. The normalized spacial score (nSPS) is 17.2. The van der Waals surface area contributed by atoms with Gasteiger partial charge in [-0.3, -0.25) is 14.4 Å². The number of nitrogens with zero attached hydrogens (tertiary/aromatic N) is 1. The van der Waals surface area contributed by atoms with Gasteiger partial charge in [-0.15, -0.1) is 0 Å². The summed E-state index contributed by atoms with van der Waals surface area (Å²) in [6.07, 6.45) is 1.57. The van der Waals surface area contributed by atoms with E-state index in [-0.39, 0.29) is 33.9 Å². The number of nitrogens with one attached hydrogen (secondary N) is 2. The van der Waals surface area contributed by atoms with Crippen molar-refractivity contribution in [2.75, 3.05) is 31.7 Å². The molecule has 2 aliphatic heterocycles. The van der Waals surface area contributed by atoms with Crippen molar-refractivity contribution < 1.29 is 26.7 Å². The molecule has 0 aromatic heterocycles. The summed E-state index contributed by atoms with van der Waals surface area (Å²) in [5.41, 5.74) is 4.62. The second kappa shape index (κ2) is 8.96. The fourth-order valence-electron chi connectivity index (χ4n) is 5.01. The molecule has 0 unspecified atom stereocenters. The van der Waals surface area contributed by atoms with Crippen LogP contribution in [0.4, 0.5) is 5.69 Å². The number of carbonyl (C=O) groups excluding carboxylic acids is 3. The van der Waals surface area contributed by atoms with Gasteiger partial charge in [-0.05, 0) is 78.4 Å². The zero-order valence-corrected chi connectivity index (χ0v) is 20.5. The lowest BCUT2D eigenvalue weighted by Gasteiger charge is -2.26. The molecule has 3 aromatic rings. The molecule has 37 heavy (non-hydrogen) atoms. The molecule has 1 saturated carbocycles. The van der Waals surface area contributed by atoms with E-state index in [0.29, 0.717) is 30.2 Å². The lowest BCUT2D eigenvalue weighted by Crippen LogP contribution is -2.49. The first kappa shape index (κ1) is 23.1. The molecular formula is C29H31N3O5. The first-order valence-electron chi connectivity index (χ1n) is 12.4. The van der Waals surface area contributed by atoms with Crippen LogP contribution in [0.5, 0.6) is 11.5 Å². The van der Waals surface area contributed by atoms with Crippen LogP contribution in [0.1, 0.15) is 37.2 Å². The van der Waals surface area contributed by atoms with Gasteiger partial charge in [-0.2, -0.15) is 0 Å². The van der Waals surface area contributed by atoms with Crippen molar-refractivity contribution in [1.82, 2.24) is 10.2 Å². The molecule has 0 spiro atoms. The van der Waals surface area contributed by atoms with E-state index in [2.05, 4.69) is 10.6 Å². The largest absolute Gasteiger partial charge is 0.454 e. The number of ether oxygens (including phenoxy) is 2. The van der Waals surface area contributed by atoms with Crippen molar-refractivity contribution in [3.05, 3.63) is 77.4 Å². The number of benzene rings is 3. The molecule has 3 amide bonds. The lowest BCUT2D eigenvalue weighted by molar-refractivity contribution is -0.123. The number of hydrogen-bond acceptors (Lipinski definition) is 5. The van der Waals surface area contributed by atoms with Crippen LogP contribution < -0.4 is 20.1 Å². The fourth-order valence-corrected chi connectivity index (χ4v) is 5.01. The number of fused-ring (bicyclic) bond motifs is 1. The monoisotopic (exact) mass is 501 g/mol. The second-order valence-electron chi connectivity index (χ2n) is 9.79. The molecule has 192 valence electrons. The minimum Gasteiger partial charge on any atom is -0.454 e. The van der Waals surface area contributed by atoms with Gasteiger partial charge in [0.25, 0.3) is 5.91 Å². The second-order valence-corrected chi connectivity index (χ2v) is 9.79. The predicted molar refractivity (Wildman–Crippen MR) is 142 cm³/mol. The fraction of sp³-hybridized carbons (Fsp3) is 0.276. The van der Waals surface area contributed by atoms with Gasteiger partial charge in [0.2, 0.25) is 18.6 Å². The van der Waals surface area contributed by atoms with E-state index in [4.69, 9.17) is 9.47 Å². The number of hydrogen-bond donors (Lipinski definition) is 2. The van der Waals surface area contributed by atoms with Crippen LogP contribution >= 0.6 is 0 Å². The quantitative estimate of drug-likeness (QED) is 0.548. The van der Waals surface area contributed by atoms with Crippen LogP contribution in [0.3, 0.4) is 0 Å². The molecule has 8 nitrogen and oxygen atoms in total. The van der Waals surface area contributed by atoms with Crippen molar-refractivity contribution in [2.24, 2.45) is 0 Å². The van der Waals surface area contributed by atoms with E-state index >= 15 is 0 Å². The molecule has 0 atom stereocenters. The molecule has 2 fully saturated rings. The first-order valence-corrected chi connectivity index (χ1v) is 12.4. The Kier molecular flexibility index (Phi) is 5.59. The third-order valence-corrected chi connectivity index (χ3v) is 7.37. The highest BCUT2D eigenvalue weighted by Crippen LogP contribution is 2.51. The van der Waals surface area contributed by atoms with Gasteiger partial charge in [-0.1, -0.05) is 24.3 Å². The Labute approximate surface area is 217 Å². The van der Waals surface area contributed by atoms with E-state index in [0.717, 1.165) is 40.8 Å². The maximum Gasteiger partial charge on any atom is 0.254 e. The van der Waals surface area contributed by atoms with Crippen molar-refractivity contribution in [3.63, 3.8) is 0 Å². The Morgan fingerprint density at radius 2 is 1.78 bits per heavy atom. The number of aryl methyl sites for hydroxylation is 1. The summed E-state index contributed by atoms with van der Waals surface area (Å²) in [6.45, 7) is 3.27. The molecule has 0 radical (unpaired) electrons. The third kappa shape index (κ3) is 4.28. The average molecular weight is 502 g/mol. The van der Waals surface area contributed by atoms with E-state index in [9.17, 15) is 14.4 Å². The van der Waals surface area contributed by atoms with Crippen LogP contribution in [-0.4, -0.2) is 49.0 Å². The maximum atomic E-state index is 13.4. The zero-order valence-electron chi connectivity index (χ0n) is 20.5. The summed E-state index contributed by atoms with van der Waals surface area (Å²) in [7, 11) is 0. The number of anilines is 1. The predicted octanol–water partition coefficient (Wildman–Crippen LogP) is 4.13. The van der Waals surface area contributed by atoms with Gasteiger partial charge in [0.05, 0.1) is 12.0 Å². The number of rotatable bonds is 5. The van der Waals surface area contributed by atoms with Crippen molar-refractivity contribution in [3.8, 4) is 22.6 Å². The van der Waals surface area contributed by atoms with Crippen LogP contribution in [-0.2, 0) is 15.0 Å². The number of piperazine rings is 1. The molecule has 1 saturated heterocycles. The van der Waals surface area contributed by atoms with Crippen LogP contribution in [0.15, 0.2) is 60.7 Å². The molecule has 8 heteroatoms. The average Bonchev–Trinajstić information content (AvgIpc) is 3.60. The zero-order chi connectivity index (χ0) is 25.6. The van der Waals surface area contributed by atoms with Gasteiger partial charge in [0.1, 0.15) is 0 Å². The Bertz CT molecular complexity index is 1420. The highest BCUT2D eigenvalue weighted by Gasteiger charge is 2.51. The van der Waals surface area contributed by atoms with Gasteiger partial charge in [0, 0.05) is 27.2 Å². The first-order chi connectivity index (χ1) is 17.9. The molecule has 2 N–H and O–H groups in total. The third-order valence-electron chi connectivity index (χ3n) is 7.37. The minimum absolute atomic E-state index is 0. The molecule has 6 rings (SSSR count). The molecule has 1 aliphatic carbocycles. The van der Waals surface area contributed by atoms with Gasteiger partial charge in [0.15, 0.2) is 11.5 Å². The van der Waals surface area contributed by atoms with E-state index in [1.165, 1.54) is 0 Å². The Morgan fingerprint density at radius 1 is 1.00 bits per heavy atom. The van der Waals surface area contributed by atoms with Gasteiger partial charge < -0.3 is 25.0 Å².